The summed E-state index contributed by atoms with van der Waals surface area (Å²) in [6.45, 7) is 4.62. The number of hydrogen-bond donors (Lipinski definition) is 0. The van der Waals surface area contributed by atoms with Crippen LogP contribution in [0.1, 0.15) is 68.9 Å². The summed E-state index contributed by atoms with van der Waals surface area (Å²) in [6, 6.07) is 0. The smallest absolute Gasteiger partial charge is 0.00883 e. The van der Waals surface area contributed by atoms with Gasteiger partial charge in [-0.3, -0.25) is 0 Å². The second-order valence-electron chi connectivity index (χ2n) is 4.58. The van der Waals surface area contributed by atoms with Crippen LogP contribution in [0.4, 0.5) is 0 Å². The lowest BCUT2D eigenvalue weighted by molar-refractivity contribution is 0.576. The second-order valence-corrected chi connectivity index (χ2v) is 10.2. The lowest BCUT2D eigenvalue weighted by Crippen LogP contribution is -1.84. The molecule has 0 saturated heterocycles. The molecule has 0 aromatic carbocycles. The first kappa shape index (κ1) is 14.7. The molecule has 1 atom stereocenters. The van der Waals surface area contributed by atoms with Gasteiger partial charge >= 0.3 is 0 Å². The Bertz CT molecular complexity index is 268. The number of rotatable bonds is 9. The van der Waals surface area contributed by atoms with Crippen molar-refractivity contribution in [2.24, 2.45) is 0 Å². The highest BCUT2D eigenvalue weighted by Crippen LogP contribution is 2.41. The van der Waals surface area contributed by atoms with E-state index in [1.165, 1.54) is 57.8 Å². The van der Waals surface area contributed by atoms with Gasteiger partial charge in [0.25, 0.3) is 0 Å². The first-order valence-electron chi connectivity index (χ1n) is 6.71. The van der Waals surface area contributed by atoms with Crippen LogP contribution in [0.3, 0.4) is 0 Å². The van der Waals surface area contributed by atoms with Gasteiger partial charge in [0.2, 0.25) is 0 Å². The minimum atomic E-state index is 1.15. The Balaban J connectivity index is 1.91. The van der Waals surface area contributed by atoms with Gasteiger partial charge in [-0.2, -0.15) is 0 Å². The van der Waals surface area contributed by atoms with E-state index in [9.17, 15) is 0 Å². The predicted molar refractivity (Wildman–Crippen MR) is 82.0 cm³/mol. The topological polar surface area (TPSA) is 0 Å². The van der Waals surface area contributed by atoms with Gasteiger partial charge in [-0.05, 0) is 46.1 Å². The summed E-state index contributed by atoms with van der Waals surface area (Å²) in [5, 5.41) is 3.45. The van der Waals surface area contributed by atoms with Gasteiger partial charge in [0.1, 0.15) is 0 Å². The van der Waals surface area contributed by atoms with Crippen molar-refractivity contribution >= 4 is 23.3 Å². The average molecular weight is 274 g/mol. The fourth-order valence-corrected chi connectivity index (χ4v) is 8.92. The van der Waals surface area contributed by atoms with Crippen LogP contribution in [-0.4, -0.2) is 0 Å². The van der Waals surface area contributed by atoms with Gasteiger partial charge < -0.3 is 0 Å². The van der Waals surface area contributed by atoms with Gasteiger partial charge in [0.15, 0.2) is 0 Å². The molecule has 0 aliphatic heterocycles. The van der Waals surface area contributed by atoms with Crippen LogP contribution in [-0.2, 0) is 6.42 Å². The SMILES string of the molecule is CCCCCCCCCCc1p[pH]pc1C. The zero-order valence-electron chi connectivity index (χ0n) is 10.8. The van der Waals surface area contributed by atoms with Crippen LogP contribution in [0.25, 0.3) is 0 Å². The monoisotopic (exact) mass is 274 g/mol. The molecule has 0 N–H and O–H groups in total. The Morgan fingerprint density at radius 1 is 0.875 bits per heavy atom. The number of aryl methyl sites for hydroxylation is 2. The molecule has 1 rings (SSSR count). The first-order valence-corrected chi connectivity index (χ1v) is 11.2. The van der Waals surface area contributed by atoms with Gasteiger partial charge in [0.05, 0.1) is 0 Å². The Morgan fingerprint density at radius 2 is 1.50 bits per heavy atom. The molecule has 0 radical (unpaired) electrons. The van der Waals surface area contributed by atoms with Gasteiger partial charge in [-0.15, -0.1) is 0 Å². The highest BCUT2D eigenvalue weighted by Gasteiger charge is 1.99. The zero-order chi connectivity index (χ0) is 11.6. The minimum Gasteiger partial charge on any atom is -0.0813 e. The van der Waals surface area contributed by atoms with Gasteiger partial charge in [0, 0.05) is 0 Å². The summed E-state index contributed by atoms with van der Waals surface area (Å²) < 4.78 is 0. The predicted octanol–water partition coefficient (Wildman–Crippen LogP) is 6.87. The van der Waals surface area contributed by atoms with Crippen LogP contribution in [0, 0.1) is 6.92 Å². The molecule has 1 aromatic heterocycles. The minimum absolute atomic E-state index is 1.15. The van der Waals surface area contributed by atoms with Crippen molar-refractivity contribution in [2.45, 2.75) is 71.6 Å². The van der Waals surface area contributed by atoms with E-state index in [1.54, 1.807) is 26.3 Å². The van der Waals surface area contributed by atoms with E-state index < -0.39 is 0 Å². The molecular formula is C13H25P3. The largest absolute Gasteiger partial charge is 0.0813 e. The molecule has 16 heavy (non-hydrogen) atoms. The van der Waals surface area contributed by atoms with E-state index >= 15 is 0 Å². The molecule has 92 valence electrons. The first-order chi connectivity index (χ1) is 7.84. The van der Waals surface area contributed by atoms with E-state index in [2.05, 4.69) is 13.8 Å². The Morgan fingerprint density at radius 3 is 2.06 bits per heavy atom. The van der Waals surface area contributed by atoms with Crippen LogP contribution >= 0.6 is 23.3 Å². The van der Waals surface area contributed by atoms with Crippen molar-refractivity contribution in [3.05, 3.63) is 10.6 Å². The molecule has 0 fully saturated rings. The van der Waals surface area contributed by atoms with E-state index in [4.69, 9.17) is 0 Å². The van der Waals surface area contributed by atoms with E-state index in [-0.39, 0.29) is 0 Å². The van der Waals surface area contributed by atoms with Gasteiger partial charge in [-0.25, -0.2) is 0 Å². The van der Waals surface area contributed by atoms with Crippen molar-refractivity contribution in [2.75, 3.05) is 0 Å². The highest BCUT2D eigenvalue weighted by atomic mass is 32.1. The second kappa shape index (κ2) is 9.65. The third-order valence-electron chi connectivity index (χ3n) is 3.09. The normalized spacial score (nSPS) is 12.4. The quantitative estimate of drug-likeness (QED) is 0.431. The lowest BCUT2D eigenvalue weighted by Gasteiger charge is -2.01. The maximum absolute atomic E-state index is 2.33. The number of unbranched alkanes of at least 4 members (excludes halogenated alkanes) is 7. The summed E-state index contributed by atoms with van der Waals surface area (Å²) in [7, 11) is 4.43. The molecule has 0 nitrogen and oxygen atoms in total. The van der Waals surface area contributed by atoms with Crippen molar-refractivity contribution in [3.63, 3.8) is 0 Å². The maximum atomic E-state index is 2.33. The molecule has 1 unspecified atom stereocenters. The maximum Gasteiger partial charge on any atom is -0.00883 e. The van der Waals surface area contributed by atoms with Crippen molar-refractivity contribution < 1.29 is 0 Å². The van der Waals surface area contributed by atoms with Crippen molar-refractivity contribution in [1.82, 2.24) is 0 Å². The van der Waals surface area contributed by atoms with Crippen molar-refractivity contribution in [3.8, 4) is 0 Å². The molecule has 1 heterocycles. The fourth-order valence-electron chi connectivity index (χ4n) is 1.97. The molecule has 0 aliphatic rings. The van der Waals surface area contributed by atoms with Crippen LogP contribution in [0.5, 0.6) is 0 Å². The molecular weight excluding hydrogens is 249 g/mol. The molecule has 0 spiro atoms. The molecule has 0 bridgehead atoms. The molecule has 0 saturated carbocycles. The summed E-state index contributed by atoms with van der Waals surface area (Å²) >= 11 is 0. The molecule has 0 amide bonds. The molecule has 1 aromatic rings. The average Bonchev–Trinajstić information content (AvgIpc) is 2.68. The fraction of sp³-hybridized carbons (Fsp3) is 0.846. The highest BCUT2D eigenvalue weighted by molar-refractivity contribution is 8.17. The number of hydrogen-bond acceptors (Lipinski definition) is 0. The zero-order valence-corrected chi connectivity index (χ0v) is 13.5. The Hall–Kier alpha value is 0.640. The third-order valence-corrected chi connectivity index (χ3v) is 9.11. The third kappa shape index (κ3) is 6.39. The summed E-state index contributed by atoms with van der Waals surface area (Å²) in [5.41, 5.74) is 0. The summed E-state index contributed by atoms with van der Waals surface area (Å²) in [5.74, 6) is 0. The lowest BCUT2D eigenvalue weighted by atomic mass is 10.1. The van der Waals surface area contributed by atoms with E-state index in [0.29, 0.717) is 0 Å². The van der Waals surface area contributed by atoms with Crippen molar-refractivity contribution in [1.29, 1.82) is 0 Å². The van der Waals surface area contributed by atoms with E-state index in [1.807, 2.05) is 0 Å². The van der Waals surface area contributed by atoms with Crippen LogP contribution in [0.2, 0.25) is 0 Å². The Labute approximate surface area is 106 Å². The van der Waals surface area contributed by atoms with Crippen LogP contribution in [0.15, 0.2) is 0 Å². The Kier molecular flexibility index (Phi) is 8.86. The van der Waals surface area contributed by atoms with E-state index in [0.717, 1.165) is 7.55 Å². The summed E-state index contributed by atoms with van der Waals surface area (Å²) in [4.78, 5) is 0. The molecule has 3 heteroatoms. The van der Waals surface area contributed by atoms with Crippen LogP contribution < -0.4 is 0 Å². The summed E-state index contributed by atoms with van der Waals surface area (Å²) in [6.07, 6.45) is 12.9. The standard InChI is InChI=1S/C13H25P3/c1-3-4-5-6-7-8-9-10-11-13-12(2)14-16-15-13/h16H,3-11H2,1-2H3. The molecule has 0 aliphatic carbocycles. The van der Waals surface area contributed by atoms with Gasteiger partial charge in [-0.1, -0.05) is 59.4 Å².